The minimum Gasteiger partial charge on any atom is -0.466 e. The third kappa shape index (κ3) is 6.02. The van der Waals surface area contributed by atoms with Crippen LogP contribution in [0.1, 0.15) is 57.1 Å². The van der Waals surface area contributed by atoms with Crippen LogP contribution in [0.2, 0.25) is 0 Å². The van der Waals surface area contributed by atoms with Crippen LogP contribution in [-0.2, 0) is 25.7 Å². The smallest absolute Gasteiger partial charge is 0.306 e. The predicted molar refractivity (Wildman–Crippen MR) is 75.3 cm³/mol. The molecule has 116 valence electrons. The van der Waals surface area contributed by atoms with Gasteiger partial charge in [-0.2, -0.15) is 0 Å². The number of ether oxygens (including phenoxy) is 2. The summed E-state index contributed by atoms with van der Waals surface area (Å²) in [5.74, 6) is -0.134. The molecule has 5 nitrogen and oxygen atoms in total. The summed E-state index contributed by atoms with van der Waals surface area (Å²) in [6.45, 7) is 0.101. The van der Waals surface area contributed by atoms with Gasteiger partial charge in [-0.25, -0.2) is 0 Å². The van der Waals surface area contributed by atoms with E-state index in [4.69, 9.17) is 13.9 Å². The van der Waals surface area contributed by atoms with Gasteiger partial charge in [0.25, 0.3) is 0 Å². The molecule has 1 fully saturated rings. The number of esters is 2. The van der Waals surface area contributed by atoms with Crippen molar-refractivity contribution in [3.05, 3.63) is 24.2 Å². The van der Waals surface area contributed by atoms with Crippen molar-refractivity contribution in [2.75, 3.05) is 0 Å². The van der Waals surface area contributed by atoms with Gasteiger partial charge in [0.1, 0.15) is 18.5 Å². The molecule has 0 unspecified atom stereocenters. The Bertz CT molecular complexity index is 430. The van der Waals surface area contributed by atoms with Crippen LogP contribution in [0.4, 0.5) is 0 Å². The molecular formula is C16H22O5. The van der Waals surface area contributed by atoms with Crippen molar-refractivity contribution < 1.29 is 23.5 Å². The molecule has 0 aromatic carbocycles. The predicted octanol–water partition coefficient (Wildman–Crippen LogP) is 3.37. The SMILES string of the molecule is O=C(CCC(=O)OC1CCCCCC1)OCc1ccco1. The van der Waals surface area contributed by atoms with Crippen molar-refractivity contribution in [3.8, 4) is 0 Å². The first-order chi connectivity index (χ1) is 10.2. The molecule has 0 saturated heterocycles. The first-order valence-corrected chi connectivity index (χ1v) is 7.61. The molecule has 5 heteroatoms. The topological polar surface area (TPSA) is 65.7 Å². The number of carbonyl (C=O) groups excluding carboxylic acids is 2. The van der Waals surface area contributed by atoms with Gasteiger partial charge in [0.15, 0.2) is 0 Å². The molecule has 1 aliphatic rings. The Morgan fingerprint density at radius 2 is 1.81 bits per heavy atom. The van der Waals surface area contributed by atoms with E-state index < -0.39 is 5.97 Å². The molecule has 21 heavy (non-hydrogen) atoms. The average Bonchev–Trinajstić information content (AvgIpc) is 2.87. The second kappa shape index (κ2) is 8.49. The maximum atomic E-state index is 11.7. The molecule has 1 aromatic heterocycles. The van der Waals surface area contributed by atoms with Crippen molar-refractivity contribution in [2.45, 2.75) is 64.1 Å². The minimum atomic E-state index is -0.413. The Morgan fingerprint density at radius 3 is 2.48 bits per heavy atom. The standard InChI is InChI=1S/C16H22O5/c17-15(20-12-14-8-5-11-19-14)9-10-16(18)21-13-6-3-1-2-4-7-13/h5,8,11,13H,1-4,6-7,9-10,12H2. The molecule has 0 radical (unpaired) electrons. The molecule has 1 aliphatic carbocycles. The van der Waals surface area contributed by atoms with Gasteiger partial charge >= 0.3 is 11.9 Å². The van der Waals surface area contributed by atoms with Gasteiger partial charge in [-0.15, -0.1) is 0 Å². The zero-order valence-electron chi connectivity index (χ0n) is 12.2. The van der Waals surface area contributed by atoms with Crippen LogP contribution in [-0.4, -0.2) is 18.0 Å². The van der Waals surface area contributed by atoms with E-state index in [9.17, 15) is 9.59 Å². The van der Waals surface area contributed by atoms with Crippen LogP contribution in [0, 0.1) is 0 Å². The number of carbonyl (C=O) groups is 2. The average molecular weight is 294 g/mol. The van der Waals surface area contributed by atoms with Crippen molar-refractivity contribution in [1.29, 1.82) is 0 Å². The molecule has 0 amide bonds. The normalized spacial score (nSPS) is 16.2. The van der Waals surface area contributed by atoms with Gasteiger partial charge in [0.05, 0.1) is 19.1 Å². The fourth-order valence-electron chi connectivity index (χ4n) is 2.43. The Hall–Kier alpha value is -1.78. The lowest BCUT2D eigenvalue weighted by Gasteiger charge is -2.15. The molecule has 0 spiro atoms. The second-order valence-electron chi connectivity index (χ2n) is 5.34. The lowest BCUT2D eigenvalue weighted by molar-refractivity contribution is -0.154. The van der Waals surface area contributed by atoms with Gasteiger partial charge in [-0.05, 0) is 37.8 Å². The number of rotatable bonds is 6. The van der Waals surface area contributed by atoms with Gasteiger partial charge in [-0.3, -0.25) is 9.59 Å². The molecule has 0 N–H and O–H groups in total. The fourth-order valence-corrected chi connectivity index (χ4v) is 2.43. The van der Waals surface area contributed by atoms with E-state index in [0.29, 0.717) is 5.76 Å². The van der Waals surface area contributed by atoms with Crippen molar-refractivity contribution in [3.63, 3.8) is 0 Å². The van der Waals surface area contributed by atoms with Gasteiger partial charge in [0, 0.05) is 0 Å². The van der Waals surface area contributed by atoms with E-state index in [-0.39, 0.29) is 31.5 Å². The number of hydrogen-bond acceptors (Lipinski definition) is 5. The Labute approximate surface area is 124 Å². The van der Waals surface area contributed by atoms with Gasteiger partial charge in [0.2, 0.25) is 0 Å². The van der Waals surface area contributed by atoms with Crippen molar-refractivity contribution in [2.24, 2.45) is 0 Å². The van der Waals surface area contributed by atoms with E-state index in [1.165, 1.54) is 19.1 Å². The molecule has 1 aromatic rings. The first-order valence-electron chi connectivity index (χ1n) is 7.61. The van der Waals surface area contributed by atoms with E-state index in [1.807, 2.05) is 0 Å². The third-order valence-electron chi connectivity index (χ3n) is 3.59. The first kappa shape index (κ1) is 15.6. The van der Waals surface area contributed by atoms with E-state index >= 15 is 0 Å². The van der Waals surface area contributed by atoms with Crippen LogP contribution in [0.15, 0.2) is 22.8 Å². The molecule has 1 heterocycles. The summed E-state index contributed by atoms with van der Waals surface area (Å²) in [6.07, 6.45) is 8.21. The molecule has 2 rings (SSSR count). The zero-order chi connectivity index (χ0) is 14.9. The fraction of sp³-hybridized carbons (Fsp3) is 0.625. The summed E-state index contributed by atoms with van der Waals surface area (Å²) in [6, 6.07) is 3.46. The summed E-state index contributed by atoms with van der Waals surface area (Å²) < 4.78 is 15.5. The lowest BCUT2D eigenvalue weighted by Crippen LogP contribution is -2.18. The number of hydrogen-bond donors (Lipinski definition) is 0. The summed E-state index contributed by atoms with van der Waals surface area (Å²) in [5.41, 5.74) is 0. The summed E-state index contributed by atoms with van der Waals surface area (Å²) in [7, 11) is 0. The second-order valence-corrected chi connectivity index (χ2v) is 5.34. The van der Waals surface area contributed by atoms with Crippen LogP contribution >= 0.6 is 0 Å². The molecule has 1 saturated carbocycles. The monoisotopic (exact) mass is 294 g/mol. The highest BCUT2D eigenvalue weighted by atomic mass is 16.5. The highest BCUT2D eigenvalue weighted by Gasteiger charge is 2.17. The summed E-state index contributed by atoms with van der Waals surface area (Å²) in [5, 5.41) is 0. The van der Waals surface area contributed by atoms with E-state index in [0.717, 1.165) is 25.7 Å². The van der Waals surface area contributed by atoms with Crippen LogP contribution in [0.25, 0.3) is 0 Å². The molecule has 0 atom stereocenters. The largest absolute Gasteiger partial charge is 0.466 e. The van der Waals surface area contributed by atoms with Crippen LogP contribution in [0.5, 0.6) is 0 Å². The van der Waals surface area contributed by atoms with Crippen molar-refractivity contribution in [1.82, 2.24) is 0 Å². The van der Waals surface area contributed by atoms with Gasteiger partial charge < -0.3 is 13.9 Å². The number of furan rings is 1. The Morgan fingerprint density at radius 1 is 1.10 bits per heavy atom. The van der Waals surface area contributed by atoms with E-state index in [2.05, 4.69) is 0 Å². The maximum absolute atomic E-state index is 11.7. The molecule has 0 bridgehead atoms. The minimum absolute atomic E-state index is 0.0270. The Balaban J connectivity index is 1.60. The highest BCUT2D eigenvalue weighted by molar-refractivity contribution is 5.77. The maximum Gasteiger partial charge on any atom is 0.306 e. The third-order valence-corrected chi connectivity index (χ3v) is 3.59. The summed E-state index contributed by atoms with van der Waals surface area (Å²) >= 11 is 0. The highest BCUT2D eigenvalue weighted by Crippen LogP contribution is 2.20. The Kier molecular flexibility index (Phi) is 6.31. The summed E-state index contributed by atoms with van der Waals surface area (Å²) in [4.78, 5) is 23.2. The lowest BCUT2D eigenvalue weighted by atomic mass is 10.1. The van der Waals surface area contributed by atoms with Crippen LogP contribution < -0.4 is 0 Å². The zero-order valence-corrected chi connectivity index (χ0v) is 12.2. The van der Waals surface area contributed by atoms with E-state index in [1.54, 1.807) is 12.1 Å². The van der Waals surface area contributed by atoms with Gasteiger partial charge in [-0.1, -0.05) is 12.8 Å². The molecule has 0 aliphatic heterocycles. The molecular weight excluding hydrogens is 272 g/mol. The quantitative estimate of drug-likeness (QED) is 0.594. The van der Waals surface area contributed by atoms with Crippen LogP contribution in [0.3, 0.4) is 0 Å². The van der Waals surface area contributed by atoms with Crippen molar-refractivity contribution >= 4 is 11.9 Å².